The van der Waals surface area contributed by atoms with Crippen molar-refractivity contribution in [2.45, 2.75) is 12.8 Å². The Morgan fingerprint density at radius 2 is 1.96 bits per heavy atom. The highest BCUT2D eigenvalue weighted by Crippen LogP contribution is 2.27. The molecule has 3 N–H and O–H groups in total. The molecule has 0 bridgehead atoms. The molecule has 24 heavy (non-hydrogen) atoms. The van der Waals surface area contributed by atoms with Gasteiger partial charge in [-0.2, -0.15) is 0 Å². The standard InChI is InChI=1S/C18H24N4O2/c1-23-16-6-5-14(12-17(16)24-2)7-10-21-18(19)22-11-8-15-4-3-9-20-13-15/h3-6,9,12-13H,7-8,10-11H2,1-2H3,(H3,19,21,22). The summed E-state index contributed by atoms with van der Waals surface area (Å²) in [5.41, 5.74) is 8.18. The number of benzene rings is 1. The van der Waals surface area contributed by atoms with Gasteiger partial charge < -0.3 is 20.5 Å². The van der Waals surface area contributed by atoms with Crippen LogP contribution in [0.25, 0.3) is 0 Å². The van der Waals surface area contributed by atoms with Crippen molar-refractivity contribution < 1.29 is 9.47 Å². The average Bonchev–Trinajstić information content (AvgIpc) is 2.62. The van der Waals surface area contributed by atoms with Crippen LogP contribution in [0.3, 0.4) is 0 Å². The molecule has 6 heteroatoms. The molecule has 0 amide bonds. The maximum absolute atomic E-state index is 5.88. The molecule has 0 radical (unpaired) electrons. The van der Waals surface area contributed by atoms with E-state index in [1.165, 1.54) is 5.56 Å². The van der Waals surface area contributed by atoms with Crippen LogP contribution in [-0.2, 0) is 12.8 Å². The van der Waals surface area contributed by atoms with E-state index in [1.54, 1.807) is 20.4 Å². The fraction of sp³-hybridized carbons (Fsp3) is 0.333. The molecule has 1 aromatic carbocycles. The van der Waals surface area contributed by atoms with Crippen molar-refractivity contribution in [1.29, 1.82) is 0 Å². The third kappa shape index (κ3) is 5.46. The van der Waals surface area contributed by atoms with Crippen molar-refractivity contribution in [1.82, 2.24) is 10.3 Å². The highest BCUT2D eigenvalue weighted by Gasteiger charge is 2.04. The first-order valence-electron chi connectivity index (χ1n) is 7.86. The lowest BCUT2D eigenvalue weighted by Crippen LogP contribution is -2.33. The zero-order valence-electron chi connectivity index (χ0n) is 14.2. The van der Waals surface area contributed by atoms with Gasteiger partial charge in [-0.3, -0.25) is 9.98 Å². The predicted octanol–water partition coefficient (Wildman–Crippen LogP) is 1.79. The molecular weight excluding hydrogens is 304 g/mol. The van der Waals surface area contributed by atoms with E-state index in [1.807, 2.05) is 36.5 Å². The van der Waals surface area contributed by atoms with Crippen molar-refractivity contribution in [3.63, 3.8) is 0 Å². The zero-order valence-corrected chi connectivity index (χ0v) is 14.2. The van der Waals surface area contributed by atoms with E-state index in [9.17, 15) is 0 Å². The van der Waals surface area contributed by atoms with Gasteiger partial charge >= 0.3 is 0 Å². The quantitative estimate of drug-likeness (QED) is 0.570. The van der Waals surface area contributed by atoms with Crippen LogP contribution in [0.4, 0.5) is 0 Å². The Morgan fingerprint density at radius 3 is 2.67 bits per heavy atom. The number of methoxy groups -OCH3 is 2. The van der Waals surface area contributed by atoms with Crippen LogP contribution in [0.5, 0.6) is 11.5 Å². The van der Waals surface area contributed by atoms with Crippen LogP contribution in [0.1, 0.15) is 11.1 Å². The third-order valence-corrected chi connectivity index (χ3v) is 3.57. The lowest BCUT2D eigenvalue weighted by Gasteiger charge is -2.09. The molecule has 0 aliphatic rings. The van der Waals surface area contributed by atoms with E-state index >= 15 is 0 Å². The topological polar surface area (TPSA) is 81.8 Å². The summed E-state index contributed by atoms with van der Waals surface area (Å²) in [6, 6.07) is 9.83. The first kappa shape index (κ1) is 17.6. The normalized spacial score (nSPS) is 11.2. The minimum atomic E-state index is 0.458. The Labute approximate surface area is 142 Å². The summed E-state index contributed by atoms with van der Waals surface area (Å²) in [6.07, 6.45) is 5.26. The fourth-order valence-electron chi connectivity index (χ4n) is 2.28. The Balaban J connectivity index is 1.76. The summed E-state index contributed by atoms with van der Waals surface area (Å²) in [4.78, 5) is 8.43. The summed E-state index contributed by atoms with van der Waals surface area (Å²) in [5.74, 6) is 1.90. The van der Waals surface area contributed by atoms with Gasteiger partial charge in [-0.05, 0) is 42.2 Å². The fourth-order valence-corrected chi connectivity index (χ4v) is 2.28. The maximum atomic E-state index is 5.88. The average molecular weight is 328 g/mol. The molecule has 6 nitrogen and oxygen atoms in total. The molecule has 2 rings (SSSR count). The number of ether oxygens (including phenoxy) is 2. The summed E-state index contributed by atoms with van der Waals surface area (Å²) in [6.45, 7) is 1.35. The Hall–Kier alpha value is -2.76. The van der Waals surface area contributed by atoms with Crippen molar-refractivity contribution in [3.8, 4) is 11.5 Å². The number of pyridine rings is 1. The molecule has 0 aliphatic heterocycles. The Morgan fingerprint density at radius 1 is 1.12 bits per heavy atom. The number of guanidine groups is 1. The molecule has 0 atom stereocenters. The highest BCUT2D eigenvalue weighted by atomic mass is 16.5. The summed E-state index contributed by atoms with van der Waals surface area (Å²) < 4.78 is 10.5. The number of hydrogen-bond donors (Lipinski definition) is 2. The van der Waals surface area contributed by atoms with E-state index in [0.717, 1.165) is 36.4 Å². The van der Waals surface area contributed by atoms with E-state index in [4.69, 9.17) is 15.2 Å². The van der Waals surface area contributed by atoms with E-state index in [0.29, 0.717) is 12.5 Å². The molecule has 1 heterocycles. The second-order valence-corrected chi connectivity index (χ2v) is 5.24. The van der Waals surface area contributed by atoms with Gasteiger partial charge in [0.25, 0.3) is 0 Å². The van der Waals surface area contributed by atoms with Crippen LogP contribution in [0.2, 0.25) is 0 Å². The predicted molar refractivity (Wildman–Crippen MR) is 95.7 cm³/mol. The summed E-state index contributed by atoms with van der Waals surface area (Å²) >= 11 is 0. The number of nitrogens with zero attached hydrogens (tertiary/aromatic N) is 2. The van der Waals surface area contributed by atoms with Crippen molar-refractivity contribution in [2.24, 2.45) is 10.7 Å². The minimum Gasteiger partial charge on any atom is -0.493 e. The maximum Gasteiger partial charge on any atom is 0.188 e. The van der Waals surface area contributed by atoms with Crippen molar-refractivity contribution >= 4 is 5.96 Å². The monoisotopic (exact) mass is 328 g/mol. The summed E-state index contributed by atoms with van der Waals surface area (Å²) in [7, 11) is 3.25. The molecular formula is C18H24N4O2. The second-order valence-electron chi connectivity index (χ2n) is 5.24. The smallest absolute Gasteiger partial charge is 0.188 e. The molecule has 0 saturated heterocycles. The molecule has 0 fully saturated rings. The number of aliphatic imine (C=N–C) groups is 1. The van der Waals surface area contributed by atoms with Crippen LogP contribution < -0.4 is 20.5 Å². The SMILES string of the molecule is COc1ccc(CCN=C(N)NCCc2cccnc2)cc1OC. The van der Waals surface area contributed by atoms with E-state index in [-0.39, 0.29) is 0 Å². The molecule has 2 aromatic rings. The van der Waals surface area contributed by atoms with E-state index in [2.05, 4.69) is 15.3 Å². The van der Waals surface area contributed by atoms with Gasteiger partial charge in [0.2, 0.25) is 0 Å². The lowest BCUT2D eigenvalue weighted by atomic mass is 10.1. The zero-order chi connectivity index (χ0) is 17.2. The third-order valence-electron chi connectivity index (χ3n) is 3.57. The molecule has 0 aliphatic carbocycles. The van der Waals surface area contributed by atoms with E-state index < -0.39 is 0 Å². The molecule has 0 saturated carbocycles. The largest absolute Gasteiger partial charge is 0.493 e. The van der Waals surface area contributed by atoms with Crippen molar-refractivity contribution in [2.75, 3.05) is 27.3 Å². The number of nitrogens with two attached hydrogens (primary N) is 1. The Bertz CT molecular complexity index is 659. The van der Waals surface area contributed by atoms with Crippen molar-refractivity contribution in [3.05, 3.63) is 53.9 Å². The van der Waals surface area contributed by atoms with Crippen LogP contribution in [0, 0.1) is 0 Å². The van der Waals surface area contributed by atoms with Crippen LogP contribution in [0.15, 0.2) is 47.7 Å². The Kier molecular flexibility index (Phi) is 6.89. The molecule has 128 valence electrons. The minimum absolute atomic E-state index is 0.458. The van der Waals surface area contributed by atoms with Gasteiger partial charge in [-0.25, -0.2) is 0 Å². The first-order valence-corrected chi connectivity index (χ1v) is 7.86. The molecule has 0 unspecified atom stereocenters. The van der Waals surface area contributed by atoms with Gasteiger partial charge in [0.15, 0.2) is 17.5 Å². The highest BCUT2D eigenvalue weighted by molar-refractivity contribution is 5.77. The molecule has 0 spiro atoms. The van der Waals surface area contributed by atoms with Gasteiger partial charge in [0, 0.05) is 25.5 Å². The van der Waals surface area contributed by atoms with Gasteiger partial charge in [0.05, 0.1) is 14.2 Å². The summed E-state index contributed by atoms with van der Waals surface area (Å²) in [5, 5.41) is 3.11. The first-order chi connectivity index (χ1) is 11.7. The number of hydrogen-bond acceptors (Lipinski definition) is 4. The van der Waals surface area contributed by atoms with Gasteiger partial charge in [-0.1, -0.05) is 12.1 Å². The number of nitrogens with one attached hydrogen (secondary N) is 1. The van der Waals surface area contributed by atoms with Gasteiger partial charge in [0.1, 0.15) is 0 Å². The van der Waals surface area contributed by atoms with Gasteiger partial charge in [-0.15, -0.1) is 0 Å². The van der Waals surface area contributed by atoms with Crippen LogP contribution in [-0.4, -0.2) is 38.3 Å². The number of rotatable bonds is 8. The number of aromatic nitrogens is 1. The molecule has 1 aromatic heterocycles. The second kappa shape index (κ2) is 9.39. The van der Waals surface area contributed by atoms with Crippen LogP contribution >= 0.6 is 0 Å². The lowest BCUT2D eigenvalue weighted by molar-refractivity contribution is 0.354.